The third-order valence-electron chi connectivity index (χ3n) is 3.81. The van der Waals surface area contributed by atoms with Crippen LogP contribution in [-0.4, -0.2) is 24.4 Å². The Balaban J connectivity index is 2.12. The second-order valence-corrected chi connectivity index (χ2v) is 5.42. The van der Waals surface area contributed by atoms with Gasteiger partial charge in [-0.25, -0.2) is 9.18 Å². The van der Waals surface area contributed by atoms with E-state index < -0.39 is 6.04 Å². The SMILES string of the molecule is C[C@@H]([C]=O)N(C(=O)NC1CCCCC1)c1ccc(F)cc1. The van der Waals surface area contributed by atoms with E-state index in [2.05, 4.69) is 5.32 Å². The van der Waals surface area contributed by atoms with Gasteiger partial charge in [-0.2, -0.15) is 0 Å². The van der Waals surface area contributed by atoms with Crippen molar-refractivity contribution in [3.05, 3.63) is 30.1 Å². The van der Waals surface area contributed by atoms with E-state index in [0.29, 0.717) is 5.69 Å². The molecule has 0 unspecified atom stereocenters. The number of carbonyl (C=O) groups excluding carboxylic acids is 2. The highest BCUT2D eigenvalue weighted by molar-refractivity contribution is 5.96. The van der Waals surface area contributed by atoms with Crippen LogP contribution < -0.4 is 10.2 Å². The first kappa shape index (κ1) is 15.5. The summed E-state index contributed by atoms with van der Waals surface area (Å²) in [5, 5.41) is 2.96. The zero-order chi connectivity index (χ0) is 15.2. The Morgan fingerprint density at radius 2 is 1.90 bits per heavy atom. The van der Waals surface area contributed by atoms with Gasteiger partial charge in [-0.15, -0.1) is 0 Å². The molecule has 0 aliphatic heterocycles. The second kappa shape index (κ2) is 7.20. The Kier molecular flexibility index (Phi) is 5.31. The molecule has 0 heterocycles. The summed E-state index contributed by atoms with van der Waals surface area (Å²) >= 11 is 0. The number of urea groups is 1. The van der Waals surface area contributed by atoms with Gasteiger partial charge in [0.2, 0.25) is 6.29 Å². The highest BCUT2D eigenvalue weighted by Crippen LogP contribution is 2.20. The Bertz CT molecular complexity index is 484. The van der Waals surface area contributed by atoms with Crippen LogP contribution in [0.2, 0.25) is 0 Å². The number of halogens is 1. The highest BCUT2D eigenvalue weighted by Gasteiger charge is 2.25. The van der Waals surface area contributed by atoms with Gasteiger partial charge in [-0.1, -0.05) is 19.3 Å². The van der Waals surface area contributed by atoms with Crippen LogP contribution in [0.4, 0.5) is 14.9 Å². The zero-order valence-corrected chi connectivity index (χ0v) is 12.1. The predicted molar refractivity (Wildman–Crippen MR) is 79.4 cm³/mol. The molecule has 1 aliphatic carbocycles. The van der Waals surface area contributed by atoms with Crippen molar-refractivity contribution >= 4 is 18.0 Å². The van der Waals surface area contributed by atoms with Crippen molar-refractivity contribution in [2.75, 3.05) is 4.90 Å². The van der Waals surface area contributed by atoms with Gasteiger partial charge < -0.3 is 5.32 Å². The molecular weight excluding hydrogens is 271 g/mol. The molecule has 1 aromatic carbocycles. The van der Waals surface area contributed by atoms with Gasteiger partial charge in [0.1, 0.15) is 11.9 Å². The number of nitrogens with zero attached hydrogens (tertiary/aromatic N) is 1. The lowest BCUT2D eigenvalue weighted by atomic mass is 9.96. The summed E-state index contributed by atoms with van der Waals surface area (Å²) in [6.07, 6.45) is 7.16. The van der Waals surface area contributed by atoms with Crippen molar-refractivity contribution < 1.29 is 14.0 Å². The van der Waals surface area contributed by atoms with Gasteiger partial charge in [0.05, 0.1) is 0 Å². The van der Waals surface area contributed by atoms with Gasteiger partial charge in [-0.3, -0.25) is 9.69 Å². The van der Waals surface area contributed by atoms with E-state index in [1.54, 1.807) is 6.92 Å². The lowest BCUT2D eigenvalue weighted by Gasteiger charge is -2.30. The van der Waals surface area contributed by atoms with E-state index in [4.69, 9.17) is 0 Å². The highest BCUT2D eigenvalue weighted by atomic mass is 19.1. The first-order chi connectivity index (χ1) is 10.1. The third-order valence-corrected chi connectivity index (χ3v) is 3.81. The van der Waals surface area contributed by atoms with Crippen LogP contribution >= 0.6 is 0 Å². The van der Waals surface area contributed by atoms with E-state index in [1.165, 1.54) is 35.6 Å². The molecule has 2 rings (SSSR count). The summed E-state index contributed by atoms with van der Waals surface area (Å²) in [4.78, 5) is 24.7. The van der Waals surface area contributed by atoms with Crippen LogP contribution in [0.25, 0.3) is 0 Å². The number of hydrogen-bond acceptors (Lipinski definition) is 2. The molecule has 1 atom stereocenters. The van der Waals surface area contributed by atoms with E-state index in [-0.39, 0.29) is 17.9 Å². The van der Waals surface area contributed by atoms with Crippen LogP contribution in [-0.2, 0) is 4.79 Å². The summed E-state index contributed by atoms with van der Waals surface area (Å²) in [5.41, 5.74) is 0.487. The average molecular weight is 291 g/mol. The molecule has 5 heteroatoms. The van der Waals surface area contributed by atoms with E-state index >= 15 is 0 Å². The number of carbonyl (C=O) groups is 1. The van der Waals surface area contributed by atoms with Crippen molar-refractivity contribution in [3.63, 3.8) is 0 Å². The Morgan fingerprint density at radius 3 is 2.48 bits per heavy atom. The lowest BCUT2D eigenvalue weighted by molar-refractivity contribution is 0.237. The molecule has 21 heavy (non-hydrogen) atoms. The minimum absolute atomic E-state index is 0.146. The molecule has 0 bridgehead atoms. The van der Waals surface area contributed by atoms with Crippen LogP contribution in [0.3, 0.4) is 0 Å². The first-order valence-corrected chi connectivity index (χ1v) is 7.35. The third kappa shape index (κ3) is 4.03. The van der Waals surface area contributed by atoms with Gasteiger partial charge in [-0.05, 0) is 44.0 Å². The molecule has 1 saturated carbocycles. The minimum atomic E-state index is -0.723. The fourth-order valence-electron chi connectivity index (χ4n) is 2.66. The molecule has 1 aliphatic rings. The molecule has 1 radical (unpaired) electrons. The molecule has 0 aromatic heterocycles. The predicted octanol–water partition coefficient (Wildman–Crippen LogP) is 3.17. The molecule has 113 valence electrons. The summed E-state index contributed by atoms with van der Waals surface area (Å²) in [6.45, 7) is 1.59. The molecule has 1 N–H and O–H groups in total. The molecule has 4 nitrogen and oxygen atoms in total. The van der Waals surface area contributed by atoms with Crippen LogP contribution in [0, 0.1) is 5.82 Å². The first-order valence-electron chi connectivity index (χ1n) is 7.35. The van der Waals surface area contributed by atoms with Gasteiger partial charge in [0.25, 0.3) is 0 Å². The maximum absolute atomic E-state index is 13.0. The number of amides is 2. The van der Waals surface area contributed by atoms with Crippen LogP contribution in [0.1, 0.15) is 39.0 Å². The smallest absolute Gasteiger partial charge is 0.322 e. The Labute approximate surface area is 124 Å². The van der Waals surface area contributed by atoms with Crippen molar-refractivity contribution in [1.82, 2.24) is 5.32 Å². The number of benzene rings is 1. The summed E-state index contributed by atoms with van der Waals surface area (Å²) in [7, 11) is 0. The number of hydrogen-bond donors (Lipinski definition) is 1. The average Bonchev–Trinajstić information content (AvgIpc) is 2.50. The Hall–Kier alpha value is -1.91. The quantitative estimate of drug-likeness (QED) is 0.926. The maximum Gasteiger partial charge on any atom is 0.322 e. The summed E-state index contributed by atoms with van der Waals surface area (Å²) in [6, 6.07) is 4.62. The van der Waals surface area contributed by atoms with E-state index in [0.717, 1.165) is 25.7 Å². The van der Waals surface area contributed by atoms with Crippen LogP contribution in [0.15, 0.2) is 24.3 Å². The minimum Gasteiger partial charge on any atom is -0.335 e. The maximum atomic E-state index is 13.0. The van der Waals surface area contributed by atoms with Crippen molar-refractivity contribution in [2.45, 2.75) is 51.1 Å². The second-order valence-electron chi connectivity index (χ2n) is 5.42. The fourth-order valence-corrected chi connectivity index (χ4v) is 2.66. The number of anilines is 1. The monoisotopic (exact) mass is 291 g/mol. The number of rotatable bonds is 4. The Morgan fingerprint density at radius 1 is 1.29 bits per heavy atom. The van der Waals surface area contributed by atoms with Crippen LogP contribution in [0.5, 0.6) is 0 Å². The normalized spacial score (nSPS) is 17.0. The fraction of sp³-hybridized carbons (Fsp3) is 0.500. The standard InChI is InChI=1S/C16H20FN2O2/c1-12(11-20)19(15-9-7-13(17)8-10-15)16(21)18-14-5-3-2-4-6-14/h7-10,12,14H,2-6H2,1H3,(H,18,21)/t12-/m0/s1. The molecule has 1 aromatic rings. The van der Waals surface area contributed by atoms with Crippen molar-refractivity contribution in [3.8, 4) is 0 Å². The zero-order valence-electron chi connectivity index (χ0n) is 12.1. The van der Waals surface area contributed by atoms with Gasteiger partial charge >= 0.3 is 6.03 Å². The summed E-state index contributed by atoms with van der Waals surface area (Å²) < 4.78 is 13.0. The lowest BCUT2D eigenvalue weighted by Crippen LogP contribution is -2.49. The number of nitrogens with one attached hydrogen (secondary N) is 1. The van der Waals surface area contributed by atoms with Crippen molar-refractivity contribution in [1.29, 1.82) is 0 Å². The molecule has 1 fully saturated rings. The van der Waals surface area contributed by atoms with E-state index in [9.17, 15) is 14.0 Å². The van der Waals surface area contributed by atoms with Crippen molar-refractivity contribution in [2.24, 2.45) is 0 Å². The largest absolute Gasteiger partial charge is 0.335 e. The molecule has 0 spiro atoms. The van der Waals surface area contributed by atoms with Gasteiger partial charge in [0, 0.05) is 11.7 Å². The molecule has 0 saturated heterocycles. The topological polar surface area (TPSA) is 49.4 Å². The molecule has 2 amide bonds. The van der Waals surface area contributed by atoms with Gasteiger partial charge in [0.15, 0.2) is 0 Å². The summed E-state index contributed by atoms with van der Waals surface area (Å²) in [5.74, 6) is -0.380. The molecular formula is C16H20FN2O2. The van der Waals surface area contributed by atoms with E-state index in [1.807, 2.05) is 6.29 Å².